The largest absolute Gasteiger partial charge is 0.494 e. The number of nitrogens with zero attached hydrogens (tertiary/aromatic N) is 3. The number of carbonyl (C=O) groups is 1. The Morgan fingerprint density at radius 3 is 2.84 bits per heavy atom. The van der Waals surface area contributed by atoms with Crippen molar-refractivity contribution in [3.63, 3.8) is 0 Å². The fourth-order valence-corrected chi connectivity index (χ4v) is 1.55. The highest BCUT2D eigenvalue weighted by Gasteiger charge is 2.11. The number of hydrogen-bond acceptors (Lipinski definition) is 5. The molecule has 1 aromatic carbocycles. The molecule has 0 aliphatic carbocycles. The van der Waals surface area contributed by atoms with Gasteiger partial charge in [0.2, 0.25) is 0 Å². The Morgan fingerprint density at radius 2 is 2.21 bits per heavy atom. The summed E-state index contributed by atoms with van der Waals surface area (Å²) in [6, 6.07) is 4.59. The van der Waals surface area contributed by atoms with E-state index in [1.165, 1.54) is 37.4 Å². The molecule has 0 N–H and O–H groups in total. The maximum Gasteiger partial charge on any atom is 0.377 e. The molecule has 0 fully saturated rings. The van der Waals surface area contributed by atoms with E-state index in [0.29, 0.717) is 12.1 Å². The van der Waals surface area contributed by atoms with E-state index in [4.69, 9.17) is 4.74 Å². The normalized spacial score (nSPS) is 10.3. The van der Waals surface area contributed by atoms with Gasteiger partial charge in [-0.05, 0) is 17.7 Å². The number of esters is 1. The van der Waals surface area contributed by atoms with Crippen molar-refractivity contribution in [1.82, 2.24) is 14.8 Å². The first kappa shape index (κ1) is 13.0. The molecule has 2 aromatic rings. The van der Waals surface area contributed by atoms with Crippen molar-refractivity contribution in [2.45, 2.75) is 6.54 Å². The number of hydrogen-bond donors (Lipinski definition) is 0. The summed E-state index contributed by atoms with van der Waals surface area (Å²) in [5, 5.41) is 3.93. The van der Waals surface area contributed by atoms with Gasteiger partial charge in [-0.2, -0.15) is 0 Å². The first-order valence-electron chi connectivity index (χ1n) is 5.44. The molecule has 6 nitrogen and oxygen atoms in total. The molecule has 0 saturated heterocycles. The third-order valence-corrected chi connectivity index (χ3v) is 2.47. The van der Waals surface area contributed by atoms with E-state index in [1.807, 2.05) is 0 Å². The van der Waals surface area contributed by atoms with Gasteiger partial charge >= 0.3 is 5.97 Å². The molecule has 1 heterocycles. The molecule has 0 amide bonds. The standard InChI is InChI=1S/C12H12FN3O3/c1-18-10-4-3-8(5-9(10)13)6-16-7-14-11(15-16)12(17)19-2/h3-5,7H,6H2,1-2H3. The zero-order valence-corrected chi connectivity index (χ0v) is 10.5. The number of aromatic nitrogens is 3. The summed E-state index contributed by atoms with van der Waals surface area (Å²) in [6.07, 6.45) is 1.38. The van der Waals surface area contributed by atoms with E-state index in [9.17, 15) is 9.18 Å². The lowest BCUT2D eigenvalue weighted by Gasteiger charge is -2.05. The Morgan fingerprint density at radius 1 is 1.42 bits per heavy atom. The van der Waals surface area contributed by atoms with Crippen LogP contribution in [0.15, 0.2) is 24.5 Å². The van der Waals surface area contributed by atoms with Crippen molar-refractivity contribution in [2.24, 2.45) is 0 Å². The maximum absolute atomic E-state index is 13.5. The summed E-state index contributed by atoms with van der Waals surface area (Å²) in [7, 11) is 2.65. The van der Waals surface area contributed by atoms with Gasteiger partial charge in [0.25, 0.3) is 5.82 Å². The van der Waals surface area contributed by atoms with Crippen LogP contribution in [0.4, 0.5) is 4.39 Å². The summed E-state index contributed by atoms with van der Waals surface area (Å²) in [4.78, 5) is 15.0. The molecule has 0 saturated carbocycles. The highest BCUT2D eigenvalue weighted by molar-refractivity contribution is 5.84. The van der Waals surface area contributed by atoms with E-state index in [2.05, 4.69) is 14.8 Å². The van der Waals surface area contributed by atoms with Gasteiger partial charge in [-0.1, -0.05) is 6.07 Å². The van der Waals surface area contributed by atoms with Gasteiger partial charge in [0, 0.05) is 0 Å². The van der Waals surface area contributed by atoms with Crippen molar-refractivity contribution in [1.29, 1.82) is 0 Å². The first-order chi connectivity index (χ1) is 9.13. The van der Waals surface area contributed by atoms with E-state index in [1.54, 1.807) is 6.07 Å². The van der Waals surface area contributed by atoms with Crippen LogP contribution in [0.1, 0.15) is 16.2 Å². The van der Waals surface area contributed by atoms with Crippen LogP contribution in [0, 0.1) is 5.82 Å². The van der Waals surface area contributed by atoms with Gasteiger partial charge in [0.1, 0.15) is 6.33 Å². The van der Waals surface area contributed by atoms with E-state index >= 15 is 0 Å². The minimum absolute atomic E-state index is 0.0310. The molecule has 0 spiro atoms. The fraction of sp³-hybridized carbons (Fsp3) is 0.250. The third kappa shape index (κ3) is 2.87. The SMILES string of the molecule is COC(=O)c1ncn(Cc2ccc(OC)c(F)c2)n1. The quantitative estimate of drug-likeness (QED) is 0.779. The van der Waals surface area contributed by atoms with Crippen LogP contribution in [-0.2, 0) is 11.3 Å². The van der Waals surface area contributed by atoms with Crippen LogP contribution in [0.3, 0.4) is 0 Å². The number of halogens is 1. The smallest absolute Gasteiger partial charge is 0.377 e. The summed E-state index contributed by atoms with van der Waals surface area (Å²) >= 11 is 0. The molecule has 0 atom stereocenters. The van der Waals surface area contributed by atoms with Gasteiger partial charge in [0.05, 0.1) is 20.8 Å². The number of carbonyl (C=O) groups excluding carboxylic acids is 1. The Kier molecular flexibility index (Phi) is 3.74. The van der Waals surface area contributed by atoms with Gasteiger partial charge in [0.15, 0.2) is 11.6 Å². The Labute approximate surface area is 108 Å². The first-order valence-corrected chi connectivity index (χ1v) is 5.44. The van der Waals surface area contributed by atoms with Crippen molar-refractivity contribution in [3.05, 3.63) is 41.7 Å². The molecular weight excluding hydrogens is 253 g/mol. The third-order valence-electron chi connectivity index (χ3n) is 2.47. The molecule has 2 rings (SSSR count). The van der Waals surface area contributed by atoms with Gasteiger partial charge in [-0.3, -0.25) is 0 Å². The molecule has 0 radical (unpaired) electrons. The highest BCUT2D eigenvalue weighted by Crippen LogP contribution is 2.18. The summed E-state index contributed by atoms with van der Waals surface area (Å²) in [6.45, 7) is 0.297. The Bertz CT molecular complexity index is 598. The van der Waals surface area contributed by atoms with Crippen molar-refractivity contribution in [3.8, 4) is 5.75 Å². The fourth-order valence-electron chi connectivity index (χ4n) is 1.55. The molecular formula is C12H12FN3O3. The van der Waals surface area contributed by atoms with Crippen LogP contribution in [0.2, 0.25) is 0 Å². The van der Waals surface area contributed by atoms with Crippen LogP contribution in [-0.4, -0.2) is 35.0 Å². The van der Waals surface area contributed by atoms with Crippen molar-refractivity contribution in [2.75, 3.05) is 14.2 Å². The van der Waals surface area contributed by atoms with E-state index in [-0.39, 0.29) is 11.6 Å². The average molecular weight is 265 g/mol. The molecule has 1 aromatic heterocycles. The second kappa shape index (κ2) is 5.47. The lowest BCUT2D eigenvalue weighted by Crippen LogP contribution is -2.06. The summed E-state index contributed by atoms with van der Waals surface area (Å²) < 4.78 is 24.2. The Hall–Kier alpha value is -2.44. The van der Waals surface area contributed by atoms with E-state index < -0.39 is 11.8 Å². The summed E-state index contributed by atoms with van der Waals surface area (Å²) in [5.74, 6) is -0.915. The molecule has 7 heteroatoms. The second-order valence-corrected chi connectivity index (χ2v) is 3.73. The minimum Gasteiger partial charge on any atom is -0.494 e. The monoisotopic (exact) mass is 265 g/mol. The van der Waals surface area contributed by atoms with Crippen LogP contribution in [0.5, 0.6) is 5.75 Å². The van der Waals surface area contributed by atoms with Crippen LogP contribution in [0.25, 0.3) is 0 Å². The number of methoxy groups -OCH3 is 2. The number of rotatable bonds is 4. The summed E-state index contributed by atoms with van der Waals surface area (Å²) in [5.41, 5.74) is 0.680. The minimum atomic E-state index is -0.611. The number of ether oxygens (including phenoxy) is 2. The average Bonchev–Trinajstić information content (AvgIpc) is 2.86. The predicted molar refractivity (Wildman–Crippen MR) is 63.4 cm³/mol. The maximum atomic E-state index is 13.5. The molecule has 0 aliphatic rings. The highest BCUT2D eigenvalue weighted by atomic mass is 19.1. The van der Waals surface area contributed by atoms with Gasteiger partial charge in [-0.15, -0.1) is 5.10 Å². The zero-order valence-electron chi connectivity index (χ0n) is 10.5. The van der Waals surface area contributed by atoms with Crippen molar-refractivity contribution < 1.29 is 18.7 Å². The lowest BCUT2D eigenvalue weighted by molar-refractivity contribution is 0.0586. The van der Waals surface area contributed by atoms with Crippen LogP contribution >= 0.6 is 0 Å². The molecule has 0 unspecified atom stereocenters. The molecule has 0 bridgehead atoms. The van der Waals surface area contributed by atoms with E-state index in [0.717, 1.165) is 0 Å². The number of benzene rings is 1. The molecule has 0 aliphatic heterocycles. The van der Waals surface area contributed by atoms with Gasteiger partial charge in [-0.25, -0.2) is 18.9 Å². The zero-order chi connectivity index (χ0) is 13.8. The topological polar surface area (TPSA) is 66.2 Å². The lowest BCUT2D eigenvalue weighted by atomic mass is 10.2. The van der Waals surface area contributed by atoms with Crippen LogP contribution < -0.4 is 4.74 Å². The Balaban J connectivity index is 2.15. The molecule has 100 valence electrons. The van der Waals surface area contributed by atoms with Gasteiger partial charge < -0.3 is 9.47 Å². The second-order valence-electron chi connectivity index (χ2n) is 3.73. The van der Waals surface area contributed by atoms with Crippen molar-refractivity contribution >= 4 is 5.97 Å². The predicted octanol–water partition coefficient (Wildman–Crippen LogP) is 1.26. The molecule has 19 heavy (non-hydrogen) atoms.